The normalized spacial score (nSPS) is 32.6. The van der Waals surface area contributed by atoms with Gasteiger partial charge in [0.2, 0.25) is 12.7 Å². The lowest BCUT2D eigenvalue weighted by Crippen LogP contribution is -2.69. The number of benzene rings is 2. The highest BCUT2D eigenvalue weighted by atomic mass is 32.2. The Kier molecular flexibility index (Phi) is 9.53. The van der Waals surface area contributed by atoms with E-state index in [4.69, 9.17) is 18.9 Å². The van der Waals surface area contributed by atoms with Crippen molar-refractivity contribution in [3.05, 3.63) is 39.4 Å². The number of rotatable bonds is 7. The third kappa shape index (κ3) is 5.72. The van der Waals surface area contributed by atoms with E-state index in [1.165, 1.54) is 18.9 Å². The van der Waals surface area contributed by atoms with Crippen LogP contribution in [0.2, 0.25) is 0 Å². The topological polar surface area (TPSA) is 195 Å². The number of hydrogen-bond donors (Lipinski definition) is 5. The van der Waals surface area contributed by atoms with Gasteiger partial charge in [0, 0.05) is 57.5 Å². The Bertz CT molecular complexity index is 2050. The molecule has 8 heterocycles. The second kappa shape index (κ2) is 14.3. The van der Waals surface area contributed by atoms with E-state index in [-0.39, 0.29) is 67.1 Å². The molecule has 0 saturated carbocycles. The largest absolute Gasteiger partial charge is 0.507 e. The van der Waals surface area contributed by atoms with Crippen LogP contribution in [0.15, 0.2) is 6.07 Å². The maximum atomic E-state index is 13.9. The number of carbonyl (C=O) groups excluding carboxylic acids is 3. The van der Waals surface area contributed by atoms with Crippen LogP contribution >= 0.6 is 23.5 Å². The molecule has 4 bridgehead atoms. The van der Waals surface area contributed by atoms with Crippen LogP contribution in [-0.2, 0) is 20.7 Å². The van der Waals surface area contributed by atoms with E-state index >= 15 is 0 Å². The number of hydrogen-bond acceptors (Lipinski definition) is 14. The number of aryl methyl sites for hydroxylation is 1. The number of urea groups is 1. The van der Waals surface area contributed by atoms with Gasteiger partial charge in [0.1, 0.15) is 24.4 Å². The SMILES string of the molecule is COc1c(C)cc2c(c1O)[C@@H]1C3[C@@H]4SC[C@H](NC(=O)CCCCC5SCC6NC(=O)NC65)C(=O)OC[C@@H](c5c6c(c(C)c(O)c54)OCO6)N3[C@@H](C#N)[C@H](C2)N1C. The van der Waals surface area contributed by atoms with Crippen LogP contribution in [0.25, 0.3) is 0 Å². The number of nitriles is 1. The summed E-state index contributed by atoms with van der Waals surface area (Å²) in [6.07, 6.45) is 3.03. The zero-order valence-electron chi connectivity index (χ0n) is 31.6. The van der Waals surface area contributed by atoms with E-state index in [1.807, 2.05) is 31.8 Å². The molecule has 4 fully saturated rings. The monoisotopic (exact) mass is 806 g/mol. The molecule has 298 valence electrons. The third-order valence-corrected chi connectivity index (χ3v) is 15.8. The predicted octanol–water partition coefficient (Wildman–Crippen LogP) is 3.22. The van der Waals surface area contributed by atoms with Gasteiger partial charge in [-0.1, -0.05) is 12.5 Å². The lowest BCUT2D eigenvalue weighted by atomic mass is 9.71. The van der Waals surface area contributed by atoms with Gasteiger partial charge in [-0.05, 0) is 51.3 Å². The van der Waals surface area contributed by atoms with Gasteiger partial charge in [0.25, 0.3) is 0 Å². The number of nitrogens with zero attached hydrogens (tertiary/aromatic N) is 3. The number of likely N-dealkylation sites (N-methyl/N-ethyl adjacent to an activating group) is 1. The summed E-state index contributed by atoms with van der Waals surface area (Å²) in [5.74, 6) is 1.51. The minimum Gasteiger partial charge on any atom is -0.507 e. The number of nitrogens with one attached hydrogen (secondary N) is 3. The van der Waals surface area contributed by atoms with Gasteiger partial charge in [0.15, 0.2) is 23.0 Å². The molecule has 10 rings (SSSR count). The Morgan fingerprint density at radius 2 is 1.88 bits per heavy atom. The quantitative estimate of drug-likeness (QED) is 0.156. The molecule has 0 spiro atoms. The van der Waals surface area contributed by atoms with Crippen LogP contribution in [0.1, 0.15) is 76.4 Å². The summed E-state index contributed by atoms with van der Waals surface area (Å²) in [6.45, 7) is 3.46. The van der Waals surface area contributed by atoms with Crippen LogP contribution in [0.4, 0.5) is 4.79 Å². The lowest BCUT2D eigenvalue weighted by molar-refractivity contribution is -0.152. The molecular weight excluding hydrogens is 761 g/mol. The number of fused-ring (bicyclic) bond motifs is 11. The number of esters is 1. The molecule has 2 aromatic carbocycles. The second-order valence-electron chi connectivity index (χ2n) is 15.8. The number of thioether (sulfide) groups is 2. The number of phenols is 2. The van der Waals surface area contributed by atoms with E-state index in [0.29, 0.717) is 57.6 Å². The zero-order valence-corrected chi connectivity index (χ0v) is 33.3. The molecule has 4 unspecified atom stereocenters. The van der Waals surface area contributed by atoms with E-state index in [2.05, 4.69) is 31.8 Å². The molecule has 10 atom stereocenters. The van der Waals surface area contributed by atoms with Gasteiger partial charge >= 0.3 is 12.0 Å². The molecule has 17 heteroatoms. The van der Waals surface area contributed by atoms with Gasteiger partial charge in [-0.2, -0.15) is 17.0 Å². The molecule has 0 aromatic heterocycles. The minimum absolute atomic E-state index is 0.0404. The molecule has 4 saturated heterocycles. The zero-order chi connectivity index (χ0) is 39.2. The first-order valence-corrected chi connectivity index (χ1v) is 21.3. The van der Waals surface area contributed by atoms with E-state index in [9.17, 15) is 29.9 Å². The van der Waals surface area contributed by atoms with E-state index in [0.717, 1.165) is 29.7 Å². The second-order valence-corrected chi connectivity index (χ2v) is 18.2. The Balaban J connectivity index is 1.05. The molecule has 2 aromatic rings. The van der Waals surface area contributed by atoms with Gasteiger partial charge in [0.05, 0.1) is 42.6 Å². The Morgan fingerprint density at radius 3 is 2.66 bits per heavy atom. The average Bonchev–Trinajstić information content (AvgIpc) is 3.90. The summed E-state index contributed by atoms with van der Waals surface area (Å²) in [5.41, 5.74) is 4.19. The third-order valence-electron chi connectivity index (χ3n) is 12.9. The summed E-state index contributed by atoms with van der Waals surface area (Å²) < 4.78 is 23.8. The summed E-state index contributed by atoms with van der Waals surface area (Å²) in [5, 5.41) is 43.6. The highest BCUT2D eigenvalue weighted by molar-refractivity contribution is 8.00. The fraction of sp³-hybridized carbons (Fsp3) is 0.590. The molecule has 0 radical (unpaired) electrons. The number of ether oxygens (including phenoxy) is 4. The summed E-state index contributed by atoms with van der Waals surface area (Å²) >= 11 is 3.25. The summed E-state index contributed by atoms with van der Waals surface area (Å²) in [6, 6.07) is 1.17. The molecular formula is C39H46N6O9S2. The van der Waals surface area contributed by atoms with Gasteiger partial charge in [-0.3, -0.25) is 14.6 Å². The van der Waals surface area contributed by atoms with Crippen LogP contribution in [0, 0.1) is 25.2 Å². The Labute approximate surface area is 333 Å². The van der Waals surface area contributed by atoms with Crippen molar-refractivity contribution in [2.75, 3.05) is 39.1 Å². The highest BCUT2D eigenvalue weighted by Gasteiger charge is 2.60. The maximum absolute atomic E-state index is 13.9. The molecule has 56 heavy (non-hydrogen) atoms. The van der Waals surface area contributed by atoms with Crippen molar-refractivity contribution in [2.45, 2.75) is 105 Å². The first-order chi connectivity index (χ1) is 27.0. The number of aromatic hydroxyl groups is 2. The van der Waals surface area contributed by atoms with Crippen LogP contribution < -0.4 is 30.2 Å². The van der Waals surface area contributed by atoms with Crippen molar-refractivity contribution in [2.24, 2.45) is 0 Å². The summed E-state index contributed by atoms with van der Waals surface area (Å²) in [7, 11) is 3.51. The fourth-order valence-corrected chi connectivity index (χ4v) is 13.4. The predicted molar refractivity (Wildman–Crippen MR) is 206 cm³/mol. The molecule has 8 aliphatic heterocycles. The first kappa shape index (κ1) is 37.3. The molecule has 0 aliphatic carbocycles. The number of methoxy groups -OCH3 is 1. The number of amides is 3. The number of phenolic OH excluding ortho intramolecular Hbond substituents is 2. The first-order valence-electron chi connectivity index (χ1n) is 19.2. The van der Waals surface area contributed by atoms with E-state index in [1.54, 1.807) is 6.92 Å². The number of carbonyl (C=O) groups is 3. The van der Waals surface area contributed by atoms with Crippen molar-refractivity contribution in [1.82, 2.24) is 25.8 Å². The average molecular weight is 807 g/mol. The molecule has 3 amide bonds. The van der Waals surface area contributed by atoms with Gasteiger partial charge < -0.3 is 45.1 Å². The Hall–Kier alpha value is -4.24. The van der Waals surface area contributed by atoms with Crippen molar-refractivity contribution in [3.8, 4) is 34.8 Å². The lowest BCUT2D eigenvalue weighted by Gasteiger charge is -2.61. The smallest absolute Gasteiger partial charge is 0.329 e. The van der Waals surface area contributed by atoms with Crippen LogP contribution in [-0.4, -0.2) is 118 Å². The van der Waals surface area contributed by atoms with Crippen molar-refractivity contribution in [3.63, 3.8) is 0 Å². The number of unbranched alkanes of at least 4 members (excludes halogenated alkanes) is 1. The molecule has 15 nitrogen and oxygen atoms in total. The fourth-order valence-electron chi connectivity index (χ4n) is 10.3. The highest BCUT2D eigenvalue weighted by Crippen LogP contribution is 2.63. The van der Waals surface area contributed by atoms with Crippen molar-refractivity contribution >= 4 is 41.4 Å². The van der Waals surface area contributed by atoms with Gasteiger partial charge in [-0.25, -0.2) is 9.59 Å². The molecule has 8 aliphatic rings. The van der Waals surface area contributed by atoms with Crippen LogP contribution in [0.5, 0.6) is 28.7 Å². The van der Waals surface area contributed by atoms with Gasteiger partial charge in [-0.15, -0.1) is 11.8 Å². The standard InChI is InChI=1S/C39H46N6O9S2/c1-16-9-18-10-21-22(11-40)45-23-12-52-38(49)20(41-25(46)8-6-5-7-24-29-19(13-55-24)42-39(50)43-29)14-56-37(28-27(23)36-35(53-15-54-36)17(2)32(28)47)31(45)30(44(21)3)26(18)33(48)34(16)51-4/h9,19-24,29-31,37,47-48H,5-8,10,12-15H2,1-4H3,(H,41,46)(H2,42,43,50)/t19?,20-,21-,22-,23-,24?,29?,30+,31?,37+/m0/s1. The molecule has 5 N–H and O–H groups in total. The Morgan fingerprint density at radius 1 is 1.07 bits per heavy atom. The van der Waals surface area contributed by atoms with E-state index < -0.39 is 41.4 Å². The summed E-state index contributed by atoms with van der Waals surface area (Å²) in [4.78, 5) is 43.4. The number of piperazine rings is 1. The van der Waals surface area contributed by atoms with Crippen molar-refractivity contribution in [1.29, 1.82) is 5.26 Å². The minimum atomic E-state index is -0.970. The maximum Gasteiger partial charge on any atom is 0.329 e. The van der Waals surface area contributed by atoms with Crippen LogP contribution in [0.3, 0.4) is 0 Å². The van der Waals surface area contributed by atoms with Crippen molar-refractivity contribution < 1.29 is 43.5 Å².